The molecule has 2 aromatic carbocycles. The fraction of sp³-hybridized carbons (Fsp3) is 0.316. The van der Waals surface area contributed by atoms with Crippen molar-refractivity contribution >= 4 is 34.2 Å². The highest BCUT2D eigenvalue weighted by molar-refractivity contribution is 5.99. The van der Waals surface area contributed by atoms with Crippen LogP contribution in [-0.4, -0.2) is 36.9 Å². The van der Waals surface area contributed by atoms with Gasteiger partial charge in [0.05, 0.1) is 6.54 Å². The van der Waals surface area contributed by atoms with Crippen molar-refractivity contribution in [2.75, 3.05) is 18.4 Å². The summed E-state index contributed by atoms with van der Waals surface area (Å²) in [7, 11) is 0. The molecule has 0 bridgehead atoms. The van der Waals surface area contributed by atoms with E-state index in [2.05, 4.69) is 15.6 Å². The zero-order chi connectivity index (χ0) is 19.8. The first-order valence-corrected chi connectivity index (χ1v) is 8.75. The number of nitrogens with zero attached hydrogens (tertiary/aromatic N) is 1. The van der Waals surface area contributed by atoms with E-state index in [0.717, 1.165) is 16.3 Å². The van der Waals surface area contributed by atoms with Gasteiger partial charge in [0.25, 0.3) is 0 Å². The normalized spacial score (nSPS) is 11.6. The van der Waals surface area contributed by atoms with Crippen molar-refractivity contribution in [1.29, 1.82) is 0 Å². The second-order valence-electron chi connectivity index (χ2n) is 6.28. The number of aryl methyl sites for hydroxylation is 1. The molecule has 0 heterocycles. The van der Waals surface area contributed by atoms with Crippen LogP contribution >= 0.6 is 0 Å². The van der Waals surface area contributed by atoms with E-state index in [9.17, 15) is 9.59 Å². The molecule has 0 aromatic heterocycles. The SMILES string of the molecule is Cc1cc(NC(=O)C(CCCN=C(N)N)NC(=O)CN)cc2ccccc12. The molecule has 8 nitrogen and oxygen atoms in total. The molecule has 0 aliphatic rings. The number of guanidine groups is 1. The van der Waals surface area contributed by atoms with Gasteiger partial charge in [-0.05, 0) is 48.2 Å². The smallest absolute Gasteiger partial charge is 0.246 e. The van der Waals surface area contributed by atoms with E-state index in [1.165, 1.54) is 0 Å². The zero-order valence-corrected chi connectivity index (χ0v) is 15.4. The molecule has 0 saturated carbocycles. The molecular weight excluding hydrogens is 344 g/mol. The average molecular weight is 370 g/mol. The van der Waals surface area contributed by atoms with Gasteiger partial charge in [-0.2, -0.15) is 0 Å². The van der Waals surface area contributed by atoms with Crippen molar-refractivity contribution in [3.05, 3.63) is 42.0 Å². The molecule has 1 unspecified atom stereocenters. The van der Waals surface area contributed by atoms with E-state index in [0.29, 0.717) is 25.1 Å². The Hall–Kier alpha value is -3.13. The van der Waals surface area contributed by atoms with Crippen molar-refractivity contribution in [2.24, 2.45) is 22.2 Å². The molecule has 2 rings (SSSR count). The number of rotatable bonds is 8. The van der Waals surface area contributed by atoms with Gasteiger partial charge in [-0.1, -0.05) is 24.3 Å². The van der Waals surface area contributed by atoms with Crippen LogP contribution in [0.25, 0.3) is 10.8 Å². The minimum absolute atomic E-state index is 0.00589. The van der Waals surface area contributed by atoms with Crippen LogP contribution in [0.4, 0.5) is 5.69 Å². The summed E-state index contributed by atoms with van der Waals surface area (Å²) in [4.78, 5) is 28.2. The van der Waals surface area contributed by atoms with Crippen LogP contribution < -0.4 is 27.8 Å². The number of nitrogens with two attached hydrogens (primary N) is 3. The van der Waals surface area contributed by atoms with Gasteiger partial charge < -0.3 is 27.8 Å². The number of benzene rings is 2. The Morgan fingerprint density at radius 3 is 2.63 bits per heavy atom. The van der Waals surface area contributed by atoms with E-state index in [4.69, 9.17) is 17.2 Å². The Kier molecular flexibility index (Phi) is 7.13. The molecular formula is C19H26N6O2. The van der Waals surface area contributed by atoms with Crippen molar-refractivity contribution in [2.45, 2.75) is 25.8 Å². The van der Waals surface area contributed by atoms with Crippen molar-refractivity contribution in [3.8, 4) is 0 Å². The van der Waals surface area contributed by atoms with Gasteiger partial charge in [0.1, 0.15) is 6.04 Å². The lowest BCUT2D eigenvalue weighted by Crippen LogP contribution is -2.46. The number of amides is 2. The molecule has 2 aromatic rings. The molecule has 27 heavy (non-hydrogen) atoms. The van der Waals surface area contributed by atoms with Crippen LogP contribution in [0.15, 0.2) is 41.4 Å². The number of anilines is 1. The molecule has 0 radical (unpaired) electrons. The van der Waals surface area contributed by atoms with Crippen LogP contribution in [-0.2, 0) is 9.59 Å². The highest BCUT2D eigenvalue weighted by Crippen LogP contribution is 2.23. The lowest BCUT2D eigenvalue weighted by atomic mass is 10.0. The number of hydrogen-bond donors (Lipinski definition) is 5. The van der Waals surface area contributed by atoms with Gasteiger partial charge in [-0.15, -0.1) is 0 Å². The zero-order valence-electron chi connectivity index (χ0n) is 15.4. The summed E-state index contributed by atoms with van der Waals surface area (Å²) in [5.74, 6) is -0.712. The summed E-state index contributed by atoms with van der Waals surface area (Å²) >= 11 is 0. The monoisotopic (exact) mass is 370 g/mol. The first-order valence-electron chi connectivity index (χ1n) is 8.75. The van der Waals surface area contributed by atoms with Crippen LogP contribution in [0.1, 0.15) is 18.4 Å². The van der Waals surface area contributed by atoms with Gasteiger partial charge in [0.15, 0.2) is 5.96 Å². The molecule has 0 aliphatic heterocycles. The highest BCUT2D eigenvalue weighted by Gasteiger charge is 2.20. The second kappa shape index (κ2) is 9.54. The van der Waals surface area contributed by atoms with Gasteiger partial charge in [-0.3, -0.25) is 14.6 Å². The molecule has 0 spiro atoms. The van der Waals surface area contributed by atoms with Gasteiger partial charge in [0.2, 0.25) is 11.8 Å². The van der Waals surface area contributed by atoms with Crippen LogP contribution in [0.3, 0.4) is 0 Å². The molecule has 0 aliphatic carbocycles. The molecule has 0 saturated heterocycles. The van der Waals surface area contributed by atoms with E-state index in [1.807, 2.05) is 43.3 Å². The quantitative estimate of drug-likeness (QED) is 0.262. The van der Waals surface area contributed by atoms with Crippen molar-refractivity contribution < 1.29 is 9.59 Å². The minimum atomic E-state index is -0.720. The summed E-state index contributed by atoms with van der Waals surface area (Å²) in [6.07, 6.45) is 0.929. The summed E-state index contributed by atoms with van der Waals surface area (Å²) in [6.45, 7) is 2.17. The Labute approximate surface area is 158 Å². The molecule has 1 atom stereocenters. The highest BCUT2D eigenvalue weighted by atomic mass is 16.2. The Bertz CT molecular complexity index is 845. The standard InChI is InChI=1S/C19H26N6O2/c1-12-9-14(10-13-5-2-3-6-15(12)13)24-18(27)16(25-17(26)11-20)7-4-8-23-19(21)22/h2-3,5-6,9-10,16H,4,7-8,11,20H2,1H3,(H,24,27)(H,25,26)(H4,21,22,23). The number of hydrogen-bond acceptors (Lipinski definition) is 4. The first-order chi connectivity index (χ1) is 12.9. The fourth-order valence-corrected chi connectivity index (χ4v) is 2.83. The van der Waals surface area contributed by atoms with Gasteiger partial charge >= 0.3 is 0 Å². The average Bonchev–Trinajstić information content (AvgIpc) is 2.63. The number of carbonyl (C=O) groups excluding carboxylic acids is 2. The fourth-order valence-electron chi connectivity index (χ4n) is 2.83. The Morgan fingerprint density at radius 2 is 1.93 bits per heavy atom. The van der Waals surface area contributed by atoms with Crippen molar-refractivity contribution in [3.63, 3.8) is 0 Å². The molecule has 0 fully saturated rings. The molecule has 8 N–H and O–H groups in total. The Balaban J connectivity index is 2.11. The topological polar surface area (TPSA) is 149 Å². The van der Waals surface area contributed by atoms with Crippen LogP contribution in [0.5, 0.6) is 0 Å². The minimum Gasteiger partial charge on any atom is -0.370 e. The lowest BCUT2D eigenvalue weighted by Gasteiger charge is -2.18. The number of fused-ring (bicyclic) bond motifs is 1. The summed E-state index contributed by atoms with van der Waals surface area (Å²) in [5.41, 5.74) is 17.7. The lowest BCUT2D eigenvalue weighted by molar-refractivity contribution is -0.125. The Morgan fingerprint density at radius 1 is 1.19 bits per heavy atom. The van der Waals surface area contributed by atoms with E-state index in [1.54, 1.807) is 0 Å². The molecule has 144 valence electrons. The third-order valence-electron chi connectivity index (χ3n) is 4.12. The van der Waals surface area contributed by atoms with E-state index < -0.39 is 11.9 Å². The van der Waals surface area contributed by atoms with Crippen molar-refractivity contribution in [1.82, 2.24) is 5.32 Å². The number of nitrogens with one attached hydrogen (secondary N) is 2. The maximum absolute atomic E-state index is 12.7. The number of aliphatic imine (C=N–C) groups is 1. The summed E-state index contributed by atoms with van der Waals surface area (Å²) in [5, 5.41) is 7.67. The first kappa shape index (κ1) is 20.2. The third-order valence-corrected chi connectivity index (χ3v) is 4.12. The largest absolute Gasteiger partial charge is 0.370 e. The third kappa shape index (κ3) is 5.96. The maximum Gasteiger partial charge on any atom is 0.246 e. The second-order valence-corrected chi connectivity index (χ2v) is 6.28. The summed E-state index contributed by atoms with van der Waals surface area (Å²) in [6, 6.07) is 11.0. The van der Waals surface area contributed by atoms with Crippen LogP contribution in [0, 0.1) is 6.92 Å². The predicted molar refractivity (Wildman–Crippen MR) is 108 cm³/mol. The van der Waals surface area contributed by atoms with Crippen LogP contribution in [0.2, 0.25) is 0 Å². The van der Waals surface area contributed by atoms with Gasteiger partial charge in [-0.25, -0.2) is 0 Å². The van der Waals surface area contributed by atoms with Gasteiger partial charge in [0, 0.05) is 12.2 Å². The van der Waals surface area contributed by atoms with E-state index >= 15 is 0 Å². The predicted octanol–water partition coefficient (Wildman–Crippen LogP) is 0.584. The molecule has 2 amide bonds. The summed E-state index contributed by atoms with van der Waals surface area (Å²) < 4.78 is 0. The molecule has 8 heteroatoms. The number of carbonyl (C=O) groups is 2. The van der Waals surface area contributed by atoms with E-state index in [-0.39, 0.29) is 18.4 Å². The maximum atomic E-state index is 12.7.